The number of aliphatic imine (C=N–C) groups is 1. The maximum Gasteiger partial charge on any atom is 0.0723 e. The van der Waals surface area contributed by atoms with Gasteiger partial charge in [0.05, 0.1) is 11.4 Å². The van der Waals surface area contributed by atoms with E-state index in [1.807, 2.05) is 73.0 Å². The third-order valence-corrected chi connectivity index (χ3v) is 10.8. The van der Waals surface area contributed by atoms with Crippen LogP contribution in [0.1, 0.15) is 41.7 Å². The predicted molar refractivity (Wildman–Crippen MR) is 225 cm³/mol. The second-order valence-electron chi connectivity index (χ2n) is 14.3. The van der Waals surface area contributed by atoms with Crippen molar-refractivity contribution in [1.82, 2.24) is 0 Å². The van der Waals surface area contributed by atoms with Gasteiger partial charge >= 0.3 is 0 Å². The molecule has 1 aliphatic rings. The third-order valence-electron chi connectivity index (χ3n) is 10.8. The Hall–Kier alpha value is -6.64. The van der Waals surface area contributed by atoms with Gasteiger partial charge in [-0.2, -0.15) is 0 Å². The summed E-state index contributed by atoms with van der Waals surface area (Å²) < 4.78 is 0. The van der Waals surface area contributed by atoms with Crippen molar-refractivity contribution in [3.8, 4) is 33.4 Å². The van der Waals surface area contributed by atoms with Crippen LogP contribution in [0.5, 0.6) is 0 Å². The first-order valence-electron chi connectivity index (χ1n) is 18.2. The van der Waals surface area contributed by atoms with Crippen LogP contribution in [0.3, 0.4) is 0 Å². The Labute approximate surface area is 311 Å². The Bertz CT molecular complexity index is 2750. The molecule has 8 aromatic carbocycles. The van der Waals surface area contributed by atoms with E-state index in [-0.39, 0.29) is 5.41 Å². The Balaban J connectivity index is 1.13. The smallest absolute Gasteiger partial charge is 0.0723 e. The summed E-state index contributed by atoms with van der Waals surface area (Å²) in [5.41, 5.74) is 14.2. The van der Waals surface area contributed by atoms with Crippen molar-refractivity contribution in [3.63, 3.8) is 0 Å². The van der Waals surface area contributed by atoms with E-state index in [1.54, 1.807) is 0 Å². The lowest BCUT2D eigenvalue weighted by Gasteiger charge is -2.21. The second kappa shape index (κ2) is 13.2. The molecule has 0 fully saturated rings. The minimum atomic E-state index is -0.0900. The van der Waals surface area contributed by atoms with Gasteiger partial charge in [-0.15, -0.1) is 0 Å². The molecule has 0 aliphatic heterocycles. The molecule has 1 aliphatic carbocycles. The molecule has 9 rings (SSSR count). The van der Waals surface area contributed by atoms with Gasteiger partial charge in [0.15, 0.2) is 0 Å². The lowest BCUT2D eigenvalue weighted by Crippen LogP contribution is -2.14. The van der Waals surface area contributed by atoms with Crippen molar-refractivity contribution >= 4 is 39.2 Å². The zero-order chi connectivity index (χ0) is 35.9. The summed E-state index contributed by atoms with van der Waals surface area (Å²) in [4.78, 5) is 5.02. The summed E-state index contributed by atoms with van der Waals surface area (Å²) in [6, 6.07) is 62.1. The fourth-order valence-electron chi connectivity index (χ4n) is 8.11. The highest BCUT2D eigenvalue weighted by molar-refractivity contribution is 6.12. The third kappa shape index (κ3) is 5.70. The van der Waals surface area contributed by atoms with E-state index in [4.69, 9.17) is 10.4 Å². The number of allylic oxidation sites excluding steroid dienone is 1. The number of nitrogens with zero attached hydrogens (tertiary/aromatic N) is 1. The van der Waals surface area contributed by atoms with Gasteiger partial charge in [-0.3, -0.25) is 4.99 Å². The summed E-state index contributed by atoms with van der Waals surface area (Å²) in [5.74, 6) is 0. The van der Waals surface area contributed by atoms with E-state index in [0.29, 0.717) is 5.71 Å². The van der Waals surface area contributed by atoms with Gasteiger partial charge in [0.2, 0.25) is 0 Å². The molecular formula is C51H38N2. The van der Waals surface area contributed by atoms with Gasteiger partial charge in [0.25, 0.3) is 0 Å². The summed E-state index contributed by atoms with van der Waals surface area (Å²) in [7, 11) is 0. The second-order valence-corrected chi connectivity index (χ2v) is 14.3. The first kappa shape index (κ1) is 32.3. The van der Waals surface area contributed by atoms with Gasteiger partial charge in [0, 0.05) is 22.8 Å². The van der Waals surface area contributed by atoms with Gasteiger partial charge in [0.1, 0.15) is 0 Å². The van der Waals surface area contributed by atoms with Crippen LogP contribution in [0.4, 0.5) is 0 Å². The van der Waals surface area contributed by atoms with E-state index < -0.39 is 0 Å². The van der Waals surface area contributed by atoms with Gasteiger partial charge in [-0.1, -0.05) is 184 Å². The van der Waals surface area contributed by atoms with Crippen molar-refractivity contribution in [2.45, 2.75) is 19.3 Å². The number of fused-ring (bicyclic) bond motifs is 6. The molecule has 0 amide bonds. The maximum absolute atomic E-state index is 8.81. The molecule has 0 saturated carbocycles. The largest absolute Gasteiger partial charge is 0.300 e. The van der Waals surface area contributed by atoms with E-state index in [9.17, 15) is 0 Å². The molecule has 0 atom stereocenters. The van der Waals surface area contributed by atoms with Gasteiger partial charge < -0.3 is 5.41 Å². The highest BCUT2D eigenvalue weighted by Crippen LogP contribution is 2.54. The predicted octanol–water partition coefficient (Wildman–Crippen LogP) is 13.2. The molecule has 1 N–H and O–H groups in total. The molecule has 0 unspecified atom stereocenters. The first-order valence-corrected chi connectivity index (χ1v) is 18.2. The Morgan fingerprint density at radius 3 is 1.91 bits per heavy atom. The van der Waals surface area contributed by atoms with Crippen LogP contribution in [0.2, 0.25) is 0 Å². The Morgan fingerprint density at radius 1 is 0.509 bits per heavy atom. The first-order chi connectivity index (χ1) is 26.0. The van der Waals surface area contributed by atoms with Crippen LogP contribution in [-0.2, 0) is 5.41 Å². The molecule has 0 heterocycles. The Kier molecular flexibility index (Phi) is 8.01. The van der Waals surface area contributed by atoms with Crippen molar-refractivity contribution in [1.29, 1.82) is 5.41 Å². The molecule has 0 saturated heterocycles. The van der Waals surface area contributed by atoms with E-state index >= 15 is 0 Å². The Morgan fingerprint density at radius 2 is 1.13 bits per heavy atom. The van der Waals surface area contributed by atoms with E-state index in [2.05, 4.69) is 129 Å². The zero-order valence-electron chi connectivity index (χ0n) is 29.8. The minimum absolute atomic E-state index is 0.0900. The van der Waals surface area contributed by atoms with Crippen LogP contribution in [0.25, 0.3) is 60.6 Å². The quantitative estimate of drug-likeness (QED) is 0.163. The molecule has 8 aromatic rings. The normalized spacial score (nSPS) is 13.4. The highest BCUT2D eigenvalue weighted by atomic mass is 14.7. The fourth-order valence-corrected chi connectivity index (χ4v) is 8.11. The lowest BCUT2D eigenvalue weighted by molar-refractivity contribution is 0.661. The number of nitrogens with one attached hydrogen (secondary N) is 1. The van der Waals surface area contributed by atoms with Crippen LogP contribution in [0.15, 0.2) is 187 Å². The number of hydrogen-bond donors (Lipinski definition) is 1. The number of rotatable bonds is 7. The minimum Gasteiger partial charge on any atom is -0.300 e. The molecular weight excluding hydrogens is 641 g/mol. The molecule has 2 heteroatoms. The van der Waals surface area contributed by atoms with Crippen LogP contribution in [-0.4, -0.2) is 11.9 Å². The molecule has 0 radical (unpaired) electrons. The average Bonchev–Trinajstić information content (AvgIpc) is 3.46. The topological polar surface area (TPSA) is 36.2 Å². The van der Waals surface area contributed by atoms with E-state index in [1.165, 1.54) is 60.7 Å². The van der Waals surface area contributed by atoms with Crippen LogP contribution < -0.4 is 0 Å². The average molecular weight is 679 g/mol. The summed E-state index contributed by atoms with van der Waals surface area (Å²) >= 11 is 0. The summed E-state index contributed by atoms with van der Waals surface area (Å²) in [6.07, 6.45) is 3.79. The van der Waals surface area contributed by atoms with Crippen molar-refractivity contribution < 1.29 is 0 Å². The molecule has 0 spiro atoms. The molecule has 252 valence electrons. The number of hydrogen-bond acceptors (Lipinski definition) is 2. The maximum atomic E-state index is 8.81. The molecule has 0 aromatic heterocycles. The SMILES string of the molecule is CC1(C)c2cccc(-c3cccc(-c4ccc(C=N/C(=C\C(=N)c5ccccc5)c5ccccc5)c5ccccc45)c3)c2-c2c1ccc1ccccc21. The van der Waals surface area contributed by atoms with Gasteiger partial charge in [-0.25, -0.2) is 0 Å². The lowest BCUT2D eigenvalue weighted by atomic mass is 9.81. The monoisotopic (exact) mass is 678 g/mol. The zero-order valence-corrected chi connectivity index (χ0v) is 29.8. The standard InChI is InChI=1S/C51H38N2/c1-51(2)45-26-14-25-43(50(45)49-42-23-10-9-15-34(42)28-30-46(49)51)38-21-13-20-37(31-38)41-29-27-39(40-22-11-12-24-44(40)41)33-53-48(36-18-7-4-8-19-36)32-47(52)35-16-5-3-6-17-35/h3-33,52H,1-2H3/b48-32-,52-47?,53-33?. The number of benzene rings is 8. The van der Waals surface area contributed by atoms with Crippen molar-refractivity contribution in [3.05, 3.63) is 210 Å². The van der Waals surface area contributed by atoms with Crippen LogP contribution >= 0.6 is 0 Å². The summed E-state index contributed by atoms with van der Waals surface area (Å²) in [5, 5.41) is 13.7. The molecule has 0 bridgehead atoms. The van der Waals surface area contributed by atoms with Crippen LogP contribution in [0, 0.1) is 5.41 Å². The highest BCUT2D eigenvalue weighted by Gasteiger charge is 2.37. The fraction of sp³-hybridized carbons (Fsp3) is 0.0588. The van der Waals surface area contributed by atoms with Crippen molar-refractivity contribution in [2.24, 2.45) is 4.99 Å². The molecule has 2 nitrogen and oxygen atoms in total. The van der Waals surface area contributed by atoms with E-state index in [0.717, 1.165) is 27.8 Å². The van der Waals surface area contributed by atoms with Crippen molar-refractivity contribution in [2.75, 3.05) is 0 Å². The van der Waals surface area contributed by atoms with Gasteiger partial charge in [-0.05, 0) is 83.8 Å². The summed E-state index contributed by atoms with van der Waals surface area (Å²) in [6.45, 7) is 4.71. The molecule has 53 heavy (non-hydrogen) atoms.